The molecule has 3 nitrogen and oxygen atoms in total. The molecular weight excluding hydrogens is 400 g/mol. The van der Waals surface area contributed by atoms with Gasteiger partial charge in [-0.2, -0.15) is 0 Å². The van der Waals surface area contributed by atoms with Crippen LogP contribution in [0.2, 0.25) is 0 Å². The maximum absolute atomic E-state index is 11.9. The second-order valence-corrected chi connectivity index (χ2v) is 11.1. The average molecular weight is 433 g/mol. The van der Waals surface area contributed by atoms with Crippen molar-refractivity contribution in [3.63, 3.8) is 0 Å². The molecule has 162 valence electrons. The summed E-state index contributed by atoms with van der Waals surface area (Å²) in [5.74, 6) is -0.186. The largest absolute Gasteiger partial charge is 0.328 e. The van der Waals surface area contributed by atoms with E-state index in [2.05, 4.69) is 94.6 Å². The SMILES string of the molecule is CC1(C)CCC(C)(C)c2cc(C(C)(C)c3ccc(/C=C4\NC(=S)NC4=O)cc3)ccc21. The highest BCUT2D eigenvalue weighted by atomic mass is 32.1. The summed E-state index contributed by atoms with van der Waals surface area (Å²) in [6.45, 7) is 14.1. The standard InChI is InChI=1S/C27H32N2OS/c1-25(2)13-14-26(3,4)21-16-19(11-12-20(21)25)27(5,6)18-9-7-17(8-10-18)15-22-23(30)29-24(31)28-22/h7-12,15-16H,13-14H2,1-6H3,(H2,28,29,30,31)/b22-15-. The van der Waals surface area contributed by atoms with E-state index in [-0.39, 0.29) is 22.2 Å². The second-order valence-electron chi connectivity index (χ2n) is 10.7. The molecular formula is C27H32N2OS. The van der Waals surface area contributed by atoms with Gasteiger partial charge in [-0.05, 0) is 69.8 Å². The van der Waals surface area contributed by atoms with Crippen molar-refractivity contribution < 1.29 is 4.79 Å². The Kier molecular flexibility index (Phi) is 5.13. The Morgan fingerprint density at radius 2 is 1.45 bits per heavy atom. The lowest BCUT2D eigenvalue weighted by Crippen LogP contribution is -2.34. The molecule has 2 aromatic rings. The first kappa shape index (κ1) is 21.8. The van der Waals surface area contributed by atoms with Crippen LogP contribution in [0.25, 0.3) is 6.08 Å². The second kappa shape index (κ2) is 7.30. The zero-order valence-corrected chi connectivity index (χ0v) is 20.2. The fourth-order valence-corrected chi connectivity index (χ4v) is 4.99. The van der Waals surface area contributed by atoms with Crippen molar-refractivity contribution in [1.82, 2.24) is 10.6 Å². The van der Waals surface area contributed by atoms with Crippen molar-refractivity contribution in [1.29, 1.82) is 0 Å². The smallest absolute Gasteiger partial charge is 0.273 e. The van der Waals surface area contributed by atoms with Crippen LogP contribution in [-0.2, 0) is 21.0 Å². The Balaban J connectivity index is 1.67. The minimum absolute atomic E-state index is 0.122. The van der Waals surface area contributed by atoms with E-state index in [1.807, 2.05) is 6.08 Å². The molecule has 4 heteroatoms. The first-order valence-corrected chi connectivity index (χ1v) is 11.4. The minimum atomic E-state index is -0.186. The van der Waals surface area contributed by atoms with E-state index in [9.17, 15) is 4.79 Å². The zero-order valence-electron chi connectivity index (χ0n) is 19.3. The molecule has 0 unspecified atom stereocenters. The number of nitrogens with one attached hydrogen (secondary N) is 2. The predicted molar refractivity (Wildman–Crippen MR) is 132 cm³/mol. The van der Waals surface area contributed by atoms with Crippen LogP contribution in [0.15, 0.2) is 48.2 Å². The summed E-state index contributed by atoms with van der Waals surface area (Å²) in [6, 6.07) is 15.6. The van der Waals surface area contributed by atoms with Crippen molar-refractivity contribution in [2.45, 2.75) is 70.6 Å². The summed E-state index contributed by atoms with van der Waals surface area (Å²) in [5.41, 5.74) is 7.33. The highest BCUT2D eigenvalue weighted by Gasteiger charge is 2.38. The van der Waals surface area contributed by atoms with Crippen LogP contribution >= 0.6 is 12.2 Å². The van der Waals surface area contributed by atoms with E-state index in [1.165, 1.54) is 35.1 Å². The van der Waals surface area contributed by atoms with Crippen LogP contribution < -0.4 is 10.6 Å². The molecule has 0 spiro atoms. The van der Waals surface area contributed by atoms with E-state index in [1.54, 1.807) is 0 Å². The molecule has 0 atom stereocenters. The molecule has 0 radical (unpaired) electrons. The van der Waals surface area contributed by atoms with Crippen LogP contribution in [0.3, 0.4) is 0 Å². The Morgan fingerprint density at radius 1 is 0.871 bits per heavy atom. The quantitative estimate of drug-likeness (QED) is 0.482. The number of amides is 1. The normalized spacial score (nSPS) is 20.9. The van der Waals surface area contributed by atoms with Crippen molar-refractivity contribution >= 4 is 29.3 Å². The molecule has 2 aliphatic rings. The van der Waals surface area contributed by atoms with E-state index in [0.717, 1.165) is 5.56 Å². The molecule has 1 heterocycles. The summed E-state index contributed by atoms with van der Waals surface area (Å²) in [5, 5.41) is 5.85. The van der Waals surface area contributed by atoms with Gasteiger partial charge >= 0.3 is 0 Å². The van der Waals surface area contributed by atoms with Gasteiger partial charge < -0.3 is 5.32 Å². The van der Waals surface area contributed by atoms with Gasteiger partial charge in [0.1, 0.15) is 5.70 Å². The Bertz CT molecular complexity index is 1090. The van der Waals surface area contributed by atoms with Gasteiger partial charge in [0.25, 0.3) is 5.91 Å². The number of fused-ring (bicyclic) bond motifs is 1. The lowest BCUT2D eigenvalue weighted by Gasteiger charge is -2.43. The summed E-state index contributed by atoms with van der Waals surface area (Å²) in [4.78, 5) is 11.9. The van der Waals surface area contributed by atoms with Gasteiger partial charge in [0.2, 0.25) is 0 Å². The van der Waals surface area contributed by atoms with Gasteiger partial charge in [0, 0.05) is 5.41 Å². The van der Waals surface area contributed by atoms with Crippen LogP contribution in [-0.4, -0.2) is 11.0 Å². The number of thiocarbonyl (C=S) groups is 1. The Labute approximate surface area is 191 Å². The molecule has 4 rings (SSSR count). The summed E-state index contributed by atoms with van der Waals surface area (Å²) < 4.78 is 0. The van der Waals surface area contributed by atoms with Crippen LogP contribution in [0.1, 0.15) is 82.2 Å². The monoisotopic (exact) mass is 432 g/mol. The third kappa shape index (κ3) is 3.94. The number of hydrogen-bond donors (Lipinski definition) is 2. The van der Waals surface area contributed by atoms with Crippen molar-refractivity contribution in [3.8, 4) is 0 Å². The molecule has 31 heavy (non-hydrogen) atoms. The van der Waals surface area contributed by atoms with Crippen LogP contribution in [0, 0.1) is 0 Å². The Morgan fingerprint density at radius 3 is 2.03 bits per heavy atom. The molecule has 1 aliphatic heterocycles. The third-order valence-corrected chi connectivity index (χ3v) is 7.44. The average Bonchev–Trinajstić information content (AvgIpc) is 3.02. The van der Waals surface area contributed by atoms with Crippen molar-refractivity contribution in [2.75, 3.05) is 0 Å². The molecule has 0 aromatic heterocycles. The van der Waals surface area contributed by atoms with Gasteiger partial charge in [0.15, 0.2) is 5.11 Å². The topological polar surface area (TPSA) is 41.1 Å². The molecule has 1 amide bonds. The van der Waals surface area contributed by atoms with Crippen LogP contribution in [0.5, 0.6) is 0 Å². The minimum Gasteiger partial charge on any atom is -0.328 e. The summed E-state index contributed by atoms with van der Waals surface area (Å²) in [6.07, 6.45) is 4.27. The lowest BCUT2D eigenvalue weighted by atomic mass is 9.62. The molecule has 2 N–H and O–H groups in total. The van der Waals surface area contributed by atoms with Gasteiger partial charge in [0.05, 0.1) is 0 Å². The van der Waals surface area contributed by atoms with Crippen LogP contribution in [0.4, 0.5) is 0 Å². The van der Waals surface area contributed by atoms with E-state index >= 15 is 0 Å². The fraction of sp³-hybridized carbons (Fsp3) is 0.407. The molecule has 0 bridgehead atoms. The highest BCUT2D eigenvalue weighted by Crippen LogP contribution is 2.47. The van der Waals surface area contributed by atoms with E-state index in [4.69, 9.17) is 12.2 Å². The van der Waals surface area contributed by atoms with Gasteiger partial charge in [-0.15, -0.1) is 0 Å². The van der Waals surface area contributed by atoms with E-state index in [0.29, 0.717) is 10.8 Å². The lowest BCUT2D eigenvalue weighted by molar-refractivity contribution is -0.115. The third-order valence-electron chi connectivity index (χ3n) is 7.24. The summed E-state index contributed by atoms with van der Waals surface area (Å²) >= 11 is 5.00. The highest BCUT2D eigenvalue weighted by molar-refractivity contribution is 7.80. The van der Waals surface area contributed by atoms with Crippen molar-refractivity contribution in [2.24, 2.45) is 0 Å². The maximum Gasteiger partial charge on any atom is 0.273 e. The number of hydrogen-bond acceptors (Lipinski definition) is 2. The molecule has 1 saturated heterocycles. The first-order chi connectivity index (χ1) is 14.4. The van der Waals surface area contributed by atoms with Gasteiger partial charge in [-0.1, -0.05) is 84.0 Å². The van der Waals surface area contributed by atoms with Gasteiger partial charge in [-0.25, -0.2) is 0 Å². The summed E-state index contributed by atoms with van der Waals surface area (Å²) in [7, 11) is 0. The Hall–Kier alpha value is -2.46. The van der Waals surface area contributed by atoms with Gasteiger partial charge in [-0.3, -0.25) is 10.1 Å². The number of benzene rings is 2. The molecule has 1 fully saturated rings. The maximum atomic E-state index is 11.9. The predicted octanol–water partition coefficient (Wildman–Crippen LogP) is 5.71. The fourth-order valence-electron chi connectivity index (χ4n) is 4.79. The zero-order chi connectivity index (χ0) is 22.6. The number of rotatable bonds is 3. The molecule has 2 aromatic carbocycles. The first-order valence-electron chi connectivity index (χ1n) is 11.0. The molecule has 0 saturated carbocycles. The van der Waals surface area contributed by atoms with Crippen molar-refractivity contribution in [3.05, 3.63) is 76.0 Å². The molecule has 1 aliphatic carbocycles. The number of carbonyl (C=O) groups excluding carboxylic acids is 1. The van der Waals surface area contributed by atoms with E-state index < -0.39 is 0 Å². The number of carbonyl (C=O) groups is 1.